The smallest absolute Gasteiger partial charge is 0.328 e. The van der Waals surface area contributed by atoms with Crippen LogP contribution in [-0.2, 0) is 14.3 Å². The van der Waals surface area contributed by atoms with E-state index in [1.165, 1.54) is 13.8 Å². The molecule has 1 saturated heterocycles. The van der Waals surface area contributed by atoms with Crippen LogP contribution in [0.5, 0.6) is 0 Å². The third-order valence-corrected chi connectivity index (χ3v) is 2.47. The highest BCUT2D eigenvalue weighted by Gasteiger charge is 2.42. The van der Waals surface area contributed by atoms with Crippen molar-refractivity contribution in [3.05, 3.63) is 0 Å². The lowest BCUT2D eigenvalue weighted by molar-refractivity contribution is -0.147. The molecule has 1 aliphatic rings. The largest absolute Gasteiger partial charge is 0.480 e. The van der Waals surface area contributed by atoms with Crippen molar-refractivity contribution in [3.8, 4) is 0 Å². The molecule has 86 valence electrons. The molecule has 15 heavy (non-hydrogen) atoms. The minimum absolute atomic E-state index is 0.133. The van der Waals surface area contributed by atoms with Crippen molar-refractivity contribution in [2.45, 2.75) is 31.3 Å². The number of carbonyl (C=O) groups excluding carboxylic acids is 1. The Balaban J connectivity index is 2.66. The van der Waals surface area contributed by atoms with Crippen molar-refractivity contribution in [2.24, 2.45) is 5.73 Å². The molecule has 0 aliphatic carbocycles. The zero-order valence-electron chi connectivity index (χ0n) is 8.87. The molecule has 1 fully saturated rings. The van der Waals surface area contributed by atoms with E-state index in [1.54, 1.807) is 0 Å². The van der Waals surface area contributed by atoms with E-state index >= 15 is 0 Å². The second kappa shape index (κ2) is 3.79. The summed E-state index contributed by atoms with van der Waals surface area (Å²) in [7, 11) is 0. The first-order valence-corrected chi connectivity index (χ1v) is 4.70. The van der Waals surface area contributed by atoms with E-state index in [-0.39, 0.29) is 6.61 Å². The van der Waals surface area contributed by atoms with Crippen molar-refractivity contribution in [1.29, 1.82) is 0 Å². The minimum atomic E-state index is -1.31. The molecule has 1 rings (SSSR count). The maximum absolute atomic E-state index is 11.7. The number of carboxylic acid groups (broad SMARTS) is 1. The van der Waals surface area contributed by atoms with Crippen LogP contribution in [0, 0.1) is 0 Å². The Morgan fingerprint density at radius 2 is 2.13 bits per heavy atom. The lowest BCUT2D eigenvalue weighted by atomic mass is 9.96. The predicted octanol–water partition coefficient (Wildman–Crippen LogP) is -0.916. The number of rotatable bonds is 3. The number of carboxylic acids is 1. The van der Waals surface area contributed by atoms with E-state index in [9.17, 15) is 9.59 Å². The lowest BCUT2D eigenvalue weighted by Crippen LogP contribution is -2.61. The molecule has 0 aromatic rings. The van der Waals surface area contributed by atoms with Gasteiger partial charge in [0.15, 0.2) is 0 Å². The number of ether oxygens (including phenoxy) is 1. The fourth-order valence-corrected chi connectivity index (χ4v) is 1.22. The molecule has 1 amide bonds. The van der Waals surface area contributed by atoms with Crippen LogP contribution in [0.1, 0.15) is 20.3 Å². The Hall–Kier alpha value is -1.14. The summed E-state index contributed by atoms with van der Waals surface area (Å²) in [5, 5.41) is 11.2. The van der Waals surface area contributed by atoms with Gasteiger partial charge in [-0.3, -0.25) is 4.79 Å². The SMILES string of the molecule is CC(C)(NC(=O)C1(N)CCOC1)C(=O)O. The molecule has 0 bridgehead atoms. The van der Waals surface area contributed by atoms with E-state index in [0.29, 0.717) is 13.0 Å². The number of hydrogen-bond donors (Lipinski definition) is 3. The fourth-order valence-electron chi connectivity index (χ4n) is 1.22. The molecule has 1 aliphatic heterocycles. The fraction of sp³-hybridized carbons (Fsp3) is 0.778. The standard InChI is InChI=1S/C9H16N2O4/c1-8(2,7(13)14)11-6(12)9(10)3-4-15-5-9/h3-5,10H2,1-2H3,(H,11,12)(H,13,14). The average Bonchev–Trinajstić information content (AvgIpc) is 2.52. The lowest BCUT2D eigenvalue weighted by Gasteiger charge is -2.27. The Labute approximate surface area is 87.8 Å². The molecule has 6 nitrogen and oxygen atoms in total. The van der Waals surface area contributed by atoms with E-state index in [2.05, 4.69) is 5.32 Å². The van der Waals surface area contributed by atoms with Gasteiger partial charge in [-0.1, -0.05) is 0 Å². The summed E-state index contributed by atoms with van der Waals surface area (Å²) in [5.41, 5.74) is 3.38. The second-order valence-electron chi connectivity index (χ2n) is 4.34. The van der Waals surface area contributed by atoms with Gasteiger partial charge in [-0.2, -0.15) is 0 Å². The van der Waals surface area contributed by atoms with Crippen LogP contribution in [0.15, 0.2) is 0 Å². The van der Waals surface area contributed by atoms with Gasteiger partial charge < -0.3 is 20.9 Å². The number of amides is 1. The minimum Gasteiger partial charge on any atom is -0.480 e. The van der Waals surface area contributed by atoms with Crippen LogP contribution < -0.4 is 11.1 Å². The summed E-state index contributed by atoms with van der Waals surface area (Å²) in [5.74, 6) is -1.58. The van der Waals surface area contributed by atoms with Gasteiger partial charge in [-0.25, -0.2) is 4.79 Å². The van der Waals surface area contributed by atoms with E-state index < -0.39 is 23.0 Å². The predicted molar refractivity (Wildman–Crippen MR) is 52.2 cm³/mol. The van der Waals surface area contributed by atoms with Crippen molar-refractivity contribution < 1.29 is 19.4 Å². The van der Waals surface area contributed by atoms with Crippen molar-refractivity contribution in [3.63, 3.8) is 0 Å². The van der Waals surface area contributed by atoms with E-state index in [0.717, 1.165) is 0 Å². The maximum Gasteiger partial charge on any atom is 0.328 e. The number of carbonyl (C=O) groups is 2. The second-order valence-corrected chi connectivity index (χ2v) is 4.34. The normalized spacial score (nSPS) is 26.3. The van der Waals surface area contributed by atoms with Gasteiger partial charge in [0.25, 0.3) is 0 Å². The van der Waals surface area contributed by atoms with Crippen molar-refractivity contribution in [1.82, 2.24) is 5.32 Å². The molecule has 1 heterocycles. The summed E-state index contributed by atoms with van der Waals surface area (Å²) >= 11 is 0. The number of hydrogen-bond acceptors (Lipinski definition) is 4. The molecule has 0 aromatic heterocycles. The van der Waals surface area contributed by atoms with Crippen LogP contribution in [0.25, 0.3) is 0 Å². The molecule has 4 N–H and O–H groups in total. The maximum atomic E-state index is 11.7. The highest BCUT2D eigenvalue weighted by atomic mass is 16.5. The topological polar surface area (TPSA) is 102 Å². The van der Waals surface area contributed by atoms with E-state index in [1.807, 2.05) is 0 Å². The molecule has 0 spiro atoms. The Morgan fingerprint density at radius 1 is 1.53 bits per heavy atom. The van der Waals surface area contributed by atoms with Gasteiger partial charge in [0.2, 0.25) is 5.91 Å². The van der Waals surface area contributed by atoms with Gasteiger partial charge >= 0.3 is 5.97 Å². The first-order chi connectivity index (χ1) is 6.78. The quantitative estimate of drug-likeness (QED) is 0.566. The molecule has 1 unspecified atom stereocenters. The van der Waals surface area contributed by atoms with Gasteiger partial charge in [-0.15, -0.1) is 0 Å². The van der Waals surface area contributed by atoms with Gasteiger partial charge in [0.05, 0.1) is 6.61 Å². The molecule has 0 radical (unpaired) electrons. The molecule has 0 aromatic carbocycles. The molecular weight excluding hydrogens is 200 g/mol. The summed E-state index contributed by atoms with van der Waals surface area (Å²) in [6, 6.07) is 0. The van der Waals surface area contributed by atoms with Crippen LogP contribution >= 0.6 is 0 Å². The highest BCUT2D eigenvalue weighted by molar-refractivity contribution is 5.91. The summed E-state index contributed by atoms with van der Waals surface area (Å²) in [6.07, 6.45) is 0.411. The molecule has 1 atom stereocenters. The van der Waals surface area contributed by atoms with E-state index in [4.69, 9.17) is 15.6 Å². The molecular formula is C9H16N2O4. The summed E-state index contributed by atoms with van der Waals surface area (Å²) in [6.45, 7) is 3.38. The molecule has 0 saturated carbocycles. The van der Waals surface area contributed by atoms with Crippen molar-refractivity contribution >= 4 is 11.9 Å². The summed E-state index contributed by atoms with van der Waals surface area (Å²) in [4.78, 5) is 22.5. The molecule has 6 heteroatoms. The highest BCUT2D eigenvalue weighted by Crippen LogP contribution is 2.17. The monoisotopic (exact) mass is 216 g/mol. The summed E-state index contributed by atoms with van der Waals surface area (Å²) < 4.78 is 5.02. The third kappa shape index (κ3) is 2.45. The van der Waals surface area contributed by atoms with Gasteiger partial charge in [0, 0.05) is 6.61 Å². The number of nitrogens with one attached hydrogen (secondary N) is 1. The number of aliphatic carboxylic acids is 1. The zero-order chi connectivity index (χ0) is 11.7. The van der Waals surface area contributed by atoms with Crippen LogP contribution in [0.3, 0.4) is 0 Å². The van der Waals surface area contributed by atoms with Gasteiger partial charge in [-0.05, 0) is 20.3 Å². The van der Waals surface area contributed by atoms with Crippen LogP contribution in [0.4, 0.5) is 0 Å². The Kier molecular flexibility index (Phi) is 3.01. The van der Waals surface area contributed by atoms with Crippen LogP contribution in [0.2, 0.25) is 0 Å². The van der Waals surface area contributed by atoms with Gasteiger partial charge in [0.1, 0.15) is 11.1 Å². The first kappa shape index (κ1) is 11.9. The first-order valence-electron chi connectivity index (χ1n) is 4.70. The zero-order valence-corrected chi connectivity index (χ0v) is 8.87. The average molecular weight is 216 g/mol. The number of nitrogens with two attached hydrogens (primary N) is 1. The third-order valence-electron chi connectivity index (χ3n) is 2.47. The van der Waals surface area contributed by atoms with Crippen molar-refractivity contribution in [2.75, 3.05) is 13.2 Å². The Bertz CT molecular complexity index is 282. The Morgan fingerprint density at radius 3 is 2.53 bits per heavy atom. The van der Waals surface area contributed by atoms with Crippen LogP contribution in [-0.4, -0.2) is 41.3 Å².